The lowest BCUT2D eigenvalue weighted by Crippen LogP contribution is -2.41. The van der Waals surface area contributed by atoms with E-state index < -0.39 is 0 Å². The number of benzene rings is 2. The van der Waals surface area contributed by atoms with Crippen LogP contribution in [0.5, 0.6) is 0 Å². The van der Waals surface area contributed by atoms with E-state index in [1.165, 1.54) is 0 Å². The maximum Gasteiger partial charge on any atom is 0.193 e. The Morgan fingerprint density at radius 2 is 1.76 bits per heavy atom. The van der Waals surface area contributed by atoms with Crippen molar-refractivity contribution in [1.29, 1.82) is 0 Å². The minimum atomic E-state index is -0.263. The highest BCUT2D eigenvalue weighted by atomic mass is 16.1. The van der Waals surface area contributed by atoms with Crippen LogP contribution in [0.25, 0.3) is 0 Å². The first kappa shape index (κ1) is 15.5. The second-order valence-corrected chi connectivity index (χ2v) is 5.51. The first-order valence-electron chi connectivity index (χ1n) is 7.48. The highest BCUT2D eigenvalue weighted by Gasteiger charge is 2.23. The first-order chi connectivity index (χ1) is 10.1. The van der Waals surface area contributed by atoms with Gasteiger partial charge < -0.3 is 5.73 Å². The van der Waals surface area contributed by atoms with Crippen molar-refractivity contribution in [3.05, 3.63) is 71.3 Å². The van der Waals surface area contributed by atoms with Crippen molar-refractivity contribution < 1.29 is 4.79 Å². The summed E-state index contributed by atoms with van der Waals surface area (Å²) in [6.45, 7) is 4.18. The van der Waals surface area contributed by atoms with Crippen molar-refractivity contribution in [3.8, 4) is 0 Å². The molecule has 0 aliphatic heterocycles. The standard InChI is InChI=1S/C19H22NO/c1-3-19(20,4-2)14-16-12-8-9-13-17(16)18(21)15-10-6-5-7-11-15/h5-12H,3-4,14,20H2,1-2H3. The predicted octanol–water partition coefficient (Wildman–Crippen LogP) is 3.78. The summed E-state index contributed by atoms with van der Waals surface area (Å²) in [5.74, 6) is 0.0146. The van der Waals surface area contributed by atoms with Crippen LogP contribution in [-0.2, 0) is 6.42 Å². The van der Waals surface area contributed by atoms with Gasteiger partial charge in [-0.25, -0.2) is 0 Å². The van der Waals surface area contributed by atoms with E-state index in [2.05, 4.69) is 19.9 Å². The third-order valence-electron chi connectivity index (χ3n) is 4.16. The van der Waals surface area contributed by atoms with Crippen LogP contribution in [0.1, 0.15) is 48.2 Å². The maximum absolute atomic E-state index is 12.7. The summed E-state index contributed by atoms with van der Waals surface area (Å²) in [5, 5.41) is 0. The fourth-order valence-electron chi connectivity index (χ4n) is 2.44. The summed E-state index contributed by atoms with van der Waals surface area (Å²) in [4.78, 5) is 12.7. The quantitative estimate of drug-likeness (QED) is 0.818. The molecule has 0 spiro atoms. The van der Waals surface area contributed by atoms with Crippen molar-refractivity contribution in [2.45, 2.75) is 38.6 Å². The Bertz CT molecular complexity index is 600. The molecule has 0 atom stereocenters. The zero-order valence-electron chi connectivity index (χ0n) is 12.7. The summed E-state index contributed by atoms with van der Waals surface area (Å²) < 4.78 is 0. The largest absolute Gasteiger partial charge is 0.325 e. The molecule has 0 amide bonds. The summed E-state index contributed by atoms with van der Waals surface area (Å²) in [6.07, 6.45) is 2.47. The molecule has 0 unspecified atom stereocenters. The van der Waals surface area contributed by atoms with Gasteiger partial charge >= 0.3 is 0 Å². The minimum Gasteiger partial charge on any atom is -0.325 e. The molecule has 0 aromatic heterocycles. The van der Waals surface area contributed by atoms with Crippen molar-refractivity contribution in [2.75, 3.05) is 0 Å². The van der Waals surface area contributed by atoms with E-state index >= 15 is 0 Å². The van der Waals surface area contributed by atoms with Gasteiger partial charge in [0.1, 0.15) is 0 Å². The predicted molar refractivity (Wildman–Crippen MR) is 86.4 cm³/mol. The van der Waals surface area contributed by atoms with Crippen LogP contribution in [0.3, 0.4) is 0 Å². The molecule has 2 nitrogen and oxygen atoms in total. The summed E-state index contributed by atoms with van der Waals surface area (Å²) in [5.41, 5.74) is 8.46. The van der Waals surface area contributed by atoms with Gasteiger partial charge in [-0.2, -0.15) is 0 Å². The molecule has 0 aliphatic carbocycles. The highest BCUT2D eigenvalue weighted by Crippen LogP contribution is 2.22. The molecule has 0 saturated heterocycles. The number of nitrogens with two attached hydrogens (primary N) is 1. The van der Waals surface area contributed by atoms with Crippen LogP contribution < -0.4 is 5.73 Å². The van der Waals surface area contributed by atoms with Crippen molar-refractivity contribution in [1.82, 2.24) is 0 Å². The maximum atomic E-state index is 12.7. The monoisotopic (exact) mass is 280 g/mol. The van der Waals surface area contributed by atoms with E-state index in [9.17, 15) is 4.79 Å². The summed E-state index contributed by atoms with van der Waals surface area (Å²) in [7, 11) is 0. The van der Waals surface area contributed by atoms with Gasteiger partial charge in [0.25, 0.3) is 0 Å². The van der Waals surface area contributed by atoms with E-state index in [-0.39, 0.29) is 11.3 Å². The number of hydrogen-bond donors (Lipinski definition) is 1. The lowest BCUT2D eigenvalue weighted by molar-refractivity contribution is 0.103. The molecule has 21 heavy (non-hydrogen) atoms. The van der Waals surface area contributed by atoms with Gasteiger partial charge in [0.05, 0.1) is 0 Å². The lowest BCUT2D eigenvalue weighted by Gasteiger charge is -2.27. The summed E-state index contributed by atoms with van der Waals surface area (Å²) in [6, 6.07) is 18.1. The van der Waals surface area contributed by atoms with Gasteiger partial charge in [-0.05, 0) is 30.9 Å². The molecule has 109 valence electrons. The molecule has 2 rings (SSSR count). The van der Waals surface area contributed by atoms with Crippen molar-refractivity contribution in [2.24, 2.45) is 5.73 Å². The van der Waals surface area contributed by atoms with Gasteiger partial charge in [0.15, 0.2) is 5.78 Å². The Balaban J connectivity index is 2.36. The van der Waals surface area contributed by atoms with E-state index in [1.54, 1.807) is 6.07 Å². The van der Waals surface area contributed by atoms with E-state index in [4.69, 9.17) is 5.73 Å². The topological polar surface area (TPSA) is 43.1 Å². The van der Waals surface area contributed by atoms with E-state index in [0.29, 0.717) is 17.5 Å². The van der Waals surface area contributed by atoms with Gasteiger partial charge in [0.2, 0.25) is 0 Å². The van der Waals surface area contributed by atoms with Crippen LogP contribution in [0.2, 0.25) is 0 Å². The lowest BCUT2D eigenvalue weighted by atomic mass is 9.84. The van der Waals surface area contributed by atoms with Crippen molar-refractivity contribution in [3.63, 3.8) is 0 Å². The third-order valence-corrected chi connectivity index (χ3v) is 4.16. The van der Waals surface area contributed by atoms with Gasteiger partial charge in [-0.1, -0.05) is 62.4 Å². The minimum absolute atomic E-state index is 0.0146. The second-order valence-electron chi connectivity index (χ2n) is 5.51. The Hall–Kier alpha value is -1.93. The zero-order valence-corrected chi connectivity index (χ0v) is 12.7. The SMILES string of the molecule is CCC(N)(CC)Cc1ccc[c]c1C(=O)c1ccccc1. The zero-order chi connectivity index (χ0) is 15.3. The fourth-order valence-corrected chi connectivity index (χ4v) is 2.44. The third kappa shape index (κ3) is 3.59. The normalized spacial score (nSPS) is 11.4. The first-order valence-corrected chi connectivity index (χ1v) is 7.48. The Morgan fingerprint density at radius 1 is 1.10 bits per heavy atom. The number of rotatable bonds is 6. The summed E-state index contributed by atoms with van der Waals surface area (Å²) >= 11 is 0. The molecular weight excluding hydrogens is 258 g/mol. The number of hydrogen-bond acceptors (Lipinski definition) is 2. The molecule has 2 heteroatoms. The molecule has 0 fully saturated rings. The average Bonchev–Trinajstić information content (AvgIpc) is 2.55. The van der Waals surface area contributed by atoms with Crippen LogP contribution in [-0.4, -0.2) is 11.3 Å². The van der Waals surface area contributed by atoms with Crippen LogP contribution >= 0.6 is 0 Å². The fraction of sp³-hybridized carbons (Fsp3) is 0.316. The van der Waals surface area contributed by atoms with E-state index in [0.717, 1.165) is 18.4 Å². The Labute approximate surface area is 127 Å². The van der Waals surface area contributed by atoms with Gasteiger partial charge in [0, 0.05) is 16.7 Å². The van der Waals surface area contributed by atoms with Gasteiger partial charge in [-0.15, -0.1) is 0 Å². The highest BCUT2D eigenvalue weighted by molar-refractivity contribution is 6.09. The molecular formula is C19H22NO. The number of carbonyl (C=O) groups is 1. The Morgan fingerprint density at radius 3 is 2.38 bits per heavy atom. The average molecular weight is 280 g/mol. The molecule has 1 radical (unpaired) electrons. The van der Waals surface area contributed by atoms with Crippen LogP contribution in [0.4, 0.5) is 0 Å². The molecule has 0 heterocycles. The molecule has 2 N–H and O–H groups in total. The Kier molecular flexibility index (Phi) is 4.92. The van der Waals surface area contributed by atoms with Gasteiger partial charge in [-0.3, -0.25) is 4.79 Å². The second kappa shape index (κ2) is 6.68. The number of ketones is 1. The van der Waals surface area contributed by atoms with Crippen LogP contribution in [0, 0.1) is 6.07 Å². The molecule has 0 saturated carbocycles. The number of carbonyl (C=O) groups excluding carboxylic acids is 1. The van der Waals surface area contributed by atoms with Crippen molar-refractivity contribution >= 4 is 5.78 Å². The van der Waals surface area contributed by atoms with Crippen LogP contribution in [0.15, 0.2) is 48.5 Å². The smallest absolute Gasteiger partial charge is 0.193 e. The van der Waals surface area contributed by atoms with E-state index in [1.807, 2.05) is 42.5 Å². The molecule has 2 aromatic carbocycles. The molecule has 0 aliphatic rings. The molecule has 2 aromatic rings. The molecule has 0 bridgehead atoms.